The van der Waals surface area contributed by atoms with Crippen LogP contribution in [0.15, 0.2) is 6.07 Å². The zero-order chi connectivity index (χ0) is 15.3. The molecule has 1 amide bonds. The third-order valence-corrected chi connectivity index (χ3v) is 4.86. The molecule has 118 valence electrons. The summed E-state index contributed by atoms with van der Waals surface area (Å²) in [6.45, 7) is 5.45. The molecule has 0 aromatic carbocycles. The van der Waals surface area contributed by atoms with Crippen LogP contribution in [-0.2, 0) is 9.53 Å². The van der Waals surface area contributed by atoms with E-state index in [1.165, 1.54) is 18.5 Å². The minimum absolute atomic E-state index is 0.00218. The number of aromatic nitrogens is 2. The standard InChI is InChI=1S/C16H22N4O2/c1-10-15(21)19-16(22-10)5-7-20(8-6-16)14-9-13(12-3-4-12)17-11(2)18-14/h9-10,12H,3-8H2,1-2H3,(H,19,21). The quantitative estimate of drug-likeness (QED) is 0.896. The van der Waals surface area contributed by atoms with Gasteiger partial charge in [0.25, 0.3) is 5.91 Å². The number of carbonyl (C=O) groups is 1. The van der Waals surface area contributed by atoms with Gasteiger partial charge in [0.2, 0.25) is 0 Å². The number of carbonyl (C=O) groups excluding carboxylic acids is 1. The Balaban J connectivity index is 1.49. The van der Waals surface area contributed by atoms with E-state index >= 15 is 0 Å². The first-order chi connectivity index (χ1) is 10.5. The van der Waals surface area contributed by atoms with Gasteiger partial charge in [0.1, 0.15) is 23.5 Å². The second-order valence-corrected chi connectivity index (χ2v) is 6.70. The van der Waals surface area contributed by atoms with Gasteiger partial charge in [-0.2, -0.15) is 0 Å². The molecule has 22 heavy (non-hydrogen) atoms. The molecule has 1 atom stereocenters. The van der Waals surface area contributed by atoms with Gasteiger partial charge >= 0.3 is 0 Å². The highest BCUT2D eigenvalue weighted by Crippen LogP contribution is 2.40. The summed E-state index contributed by atoms with van der Waals surface area (Å²) in [6.07, 6.45) is 3.75. The Labute approximate surface area is 130 Å². The molecule has 3 heterocycles. The zero-order valence-electron chi connectivity index (χ0n) is 13.1. The number of hydrogen-bond acceptors (Lipinski definition) is 5. The fraction of sp³-hybridized carbons (Fsp3) is 0.688. The second kappa shape index (κ2) is 4.91. The lowest BCUT2D eigenvalue weighted by Gasteiger charge is -2.39. The first-order valence-corrected chi connectivity index (χ1v) is 8.15. The molecule has 1 N–H and O–H groups in total. The molecular weight excluding hydrogens is 280 g/mol. The van der Waals surface area contributed by atoms with Gasteiger partial charge in [-0.1, -0.05) is 0 Å². The Hall–Kier alpha value is -1.69. The summed E-state index contributed by atoms with van der Waals surface area (Å²) in [4.78, 5) is 23.1. The monoisotopic (exact) mass is 302 g/mol. The van der Waals surface area contributed by atoms with Crippen LogP contribution in [0.4, 0.5) is 5.82 Å². The molecule has 1 saturated carbocycles. The molecule has 1 aromatic heterocycles. The predicted octanol–water partition coefficient (Wildman–Crippen LogP) is 1.49. The Kier molecular flexibility index (Phi) is 3.11. The van der Waals surface area contributed by atoms with E-state index < -0.39 is 5.72 Å². The maximum absolute atomic E-state index is 11.7. The molecule has 1 unspecified atom stereocenters. The van der Waals surface area contributed by atoms with Crippen LogP contribution in [0.5, 0.6) is 0 Å². The van der Waals surface area contributed by atoms with Crippen molar-refractivity contribution in [3.63, 3.8) is 0 Å². The Morgan fingerprint density at radius 1 is 1.32 bits per heavy atom. The van der Waals surface area contributed by atoms with Crippen molar-refractivity contribution in [3.05, 3.63) is 17.6 Å². The lowest BCUT2D eigenvalue weighted by molar-refractivity contribution is -0.123. The number of hydrogen-bond donors (Lipinski definition) is 1. The van der Waals surface area contributed by atoms with Crippen LogP contribution >= 0.6 is 0 Å². The Bertz CT molecular complexity index is 606. The van der Waals surface area contributed by atoms with E-state index in [0.29, 0.717) is 5.92 Å². The summed E-state index contributed by atoms with van der Waals surface area (Å²) in [5.74, 6) is 2.50. The lowest BCUT2D eigenvalue weighted by atomic mass is 10.0. The lowest BCUT2D eigenvalue weighted by Crippen LogP contribution is -2.52. The van der Waals surface area contributed by atoms with Gasteiger partial charge in [-0.3, -0.25) is 4.79 Å². The van der Waals surface area contributed by atoms with Crippen molar-refractivity contribution in [2.24, 2.45) is 0 Å². The van der Waals surface area contributed by atoms with Crippen LogP contribution in [-0.4, -0.2) is 40.8 Å². The van der Waals surface area contributed by atoms with Crippen LogP contribution in [0.2, 0.25) is 0 Å². The van der Waals surface area contributed by atoms with Crippen molar-refractivity contribution in [2.45, 2.75) is 57.3 Å². The van der Waals surface area contributed by atoms with Crippen molar-refractivity contribution in [1.82, 2.24) is 15.3 Å². The van der Waals surface area contributed by atoms with Gasteiger partial charge in [0.05, 0.1) is 0 Å². The van der Waals surface area contributed by atoms with Gasteiger partial charge < -0.3 is 15.0 Å². The van der Waals surface area contributed by atoms with E-state index in [2.05, 4.69) is 26.3 Å². The average Bonchev–Trinajstić information content (AvgIpc) is 3.28. The maximum atomic E-state index is 11.7. The molecule has 1 aliphatic carbocycles. The summed E-state index contributed by atoms with van der Waals surface area (Å²) >= 11 is 0. The summed E-state index contributed by atoms with van der Waals surface area (Å²) in [6, 6.07) is 2.14. The first kappa shape index (κ1) is 13.9. The molecule has 2 saturated heterocycles. The predicted molar refractivity (Wildman–Crippen MR) is 81.6 cm³/mol. The van der Waals surface area contributed by atoms with Crippen molar-refractivity contribution < 1.29 is 9.53 Å². The van der Waals surface area contributed by atoms with E-state index in [1.807, 2.05) is 13.8 Å². The van der Waals surface area contributed by atoms with E-state index in [1.54, 1.807) is 0 Å². The van der Waals surface area contributed by atoms with Gasteiger partial charge in [0, 0.05) is 43.6 Å². The number of aryl methyl sites for hydroxylation is 1. The highest BCUT2D eigenvalue weighted by atomic mass is 16.5. The largest absolute Gasteiger partial charge is 0.356 e. The minimum atomic E-state index is -0.464. The Morgan fingerprint density at radius 2 is 2.05 bits per heavy atom. The van der Waals surface area contributed by atoms with E-state index in [9.17, 15) is 4.79 Å². The number of anilines is 1. The number of nitrogens with zero attached hydrogens (tertiary/aromatic N) is 3. The van der Waals surface area contributed by atoms with Crippen molar-refractivity contribution in [3.8, 4) is 0 Å². The van der Waals surface area contributed by atoms with Gasteiger partial charge in [-0.05, 0) is 26.7 Å². The first-order valence-electron chi connectivity index (χ1n) is 8.15. The van der Waals surface area contributed by atoms with Gasteiger partial charge in [-0.25, -0.2) is 9.97 Å². The van der Waals surface area contributed by atoms with Crippen molar-refractivity contribution >= 4 is 11.7 Å². The van der Waals surface area contributed by atoms with Crippen molar-refractivity contribution in [1.29, 1.82) is 0 Å². The molecule has 3 fully saturated rings. The molecule has 6 heteroatoms. The summed E-state index contributed by atoms with van der Waals surface area (Å²) in [5.41, 5.74) is 0.718. The molecule has 0 radical (unpaired) electrons. The van der Waals surface area contributed by atoms with Crippen LogP contribution < -0.4 is 10.2 Å². The van der Waals surface area contributed by atoms with Gasteiger partial charge in [-0.15, -0.1) is 0 Å². The molecule has 4 rings (SSSR count). The fourth-order valence-corrected chi connectivity index (χ4v) is 3.41. The molecule has 6 nitrogen and oxygen atoms in total. The highest BCUT2D eigenvalue weighted by Gasteiger charge is 2.45. The average molecular weight is 302 g/mol. The third kappa shape index (κ3) is 2.45. The molecule has 1 spiro atoms. The molecule has 2 aliphatic heterocycles. The zero-order valence-corrected chi connectivity index (χ0v) is 13.1. The topological polar surface area (TPSA) is 67.4 Å². The third-order valence-electron chi connectivity index (χ3n) is 4.86. The number of nitrogens with one attached hydrogen (secondary N) is 1. The molecule has 1 aromatic rings. The number of piperidine rings is 1. The summed E-state index contributed by atoms with van der Waals surface area (Å²) in [7, 11) is 0. The highest BCUT2D eigenvalue weighted by molar-refractivity contribution is 5.82. The normalized spacial score (nSPS) is 27.3. The summed E-state index contributed by atoms with van der Waals surface area (Å²) in [5, 5.41) is 3.02. The van der Waals surface area contributed by atoms with Crippen LogP contribution in [0, 0.1) is 6.92 Å². The minimum Gasteiger partial charge on any atom is -0.356 e. The molecular formula is C16H22N4O2. The van der Waals surface area contributed by atoms with E-state index in [0.717, 1.165) is 37.6 Å². The van der Waals surface area contributed by atoms with Crippen LogP contribution in [0.25, 0.3) is 0 Å². The number of rotatable bonds is 2. The Morgan fingerprint density at radius 3 is 2.64 bits per heavy atom. The van der Waals surface area contributed by atoms with Crippen LogP contribution in [0.1, 0.15) is 50.0 Å². The van der Waals surface area contributed by atoms with Crippen LogP contribution in [0.3, 0.4) is 0 Å². The maximum Gasteiger partial charge on any atom is 0.251 e. The molecule has 3 aliphatic rings. The van der Waals surface area contributed by atoms with Gasteiger partial charge in [0.15, 0.2) is 0 Å². The smallest absolute Gasteiger partial charge is 0.251 e. The number of amides is 1. The number of ether oxygens (including phenoxy) is 1. The SMILES string of the molecule is Cc1nc(C2CC2)cc(N2CCC3(CC2)NC(=O)C(C)O3)n1. The fourth-order valence-electron chi connectivity index (χ4n) is 3.41. The second-order valence-electron chi connectivity index (χ2n) is 6.70. The van der Waals surface area contributed by atoms with E-state index in [4.69, 9.17) is 4.74 Å². The molecule has 0 bridgehead atoms. The summed E-state index contributed by atoms with van der Waals surface area (Å²) < 4.78 is 5.86. The van der Waals surface area contributed by atoms with Crippen molar-refractivity contribution in [2.75, 3.05) is 18.0 Å². The van der Waals surface area contributed by atoms with E-state index in [-0.39, 0.29) is 12.0 Å².